The number of fused-ring (bicyclic) bond motifs is 3. The highest BCUT2D eigenvalue weighted by molar-refractivity contribution is 5.59. The van der Waals surface area contributed by atoms with Crippen LogP contribution in [0.2, 0.25) is 0 Å². The van der Waals surface area contributed by atoms with E-state index in [1.807, 2.05) is 16.8 Å². The molecule has 0 unspecified atom stereocenters. The molecule has 3 aromatic rings. The van der Waals surface area contributed by atoms with Gasteiger partial charge in [0.15, 0.2) is 5.65 Å². The van der Waals surface area contributed by atoms with Gasteiger partial charge in [-0.25, -0.2) is 4.98 Å². The predicted octanol–water partition coefficient (Wildman–Crippen LogP) is 2.56. The minimum atomic E-state index is 0.238. The van der Waals surface area contributed by atoms with E-state index in [0.717, 1.165) is 56.8 Å². The summed E-state index contributed by atoms with van der Waals surface area (Å²) in [5.41, 5.74) is 6.44. The summed E-state index contributed by atoms with van der Waals surface area (Å²) in [4.78, 5) is 7.30. The molecule has 6 heteroatoms. The van der Waals surface area contributed by atoms with Gasteiger partial charge in [0.1, 0.15) is 17.7 Å². The van der Waals surface area contributed by atoms with Gasteiger partial charge in [0.25, 0.3) is 0 Å². The molecule has 0 atom stereocenters. The van der Waals surface area contributed by atoms with E-state index < -0.39 is 0 Å². The Morgan fingerprint density at radius 1 is 0.966 bits per heavy atom. The first-order valence-electron chi connectivity index (χ1n) is 11.0. The first kappa shape index (κ1) is 17.3. The van der Waals surface area contributed by atoms with Crippen LogP contribution in [0.5, 0.6) is 5.75 Å². The Morgan fingerprint density at radius 2 is 1.86 bits per heavy atom. The maximum atomic E-state index is 6.46. The first-order valence-corrected chi connectivity index (χ1v) is 11.0. The fraction of sp³-hybridized carbons (Fsp3) is 0.478. The van der Waals surface area contributed by atoms with Gasteiger partial charge >= 0.3 is 0 Å². The molecule has 1 aromatic carbocycles. The van der Waals surface area contributed by atoms with Gasteiger partial charge < -0.3 is 15.0 Å². The van der Waals surface area contributed by atoms with Crippen LogP contribution in [0.15, 0.2) is 30.5 Å². The third-order valence-corrected chi connectivity index (χ3v) is 6.58. The Labute approximate surface area is 170 Å². The summed E-state index contributed by atoms with van der Waals surface area (Å²) >= 11 is 0. The van der Waals surface area contributed by atoms with Crippen molar-refractivity contribution in [2.75, 3.05) is 31.1 Å². The monoisotopic (exact) mass is 389 g/mol. The lowest BCUT2D eigenvalue weighted by Gasteiger charge is -2.42. The number of nitrogens with one attached hydrogen (secondary N) is 1. The van der Waals surface area contributed by atoms with Crippen molar-refractivity contribution in [3.63, 3.8) is 0 Å². The molecule has 0 bridgehead atoms. The van der Waals surface area contributed by atoms with E-state index in [1.165, 1.54) is 47.5 Å². The van der Waals surface area contributed by atoms with Crippen molar-refractivity contribution in [2.45, 2.75) is 44.6 Å². The first-order chi connectivity index (χ1) is 14.4. The average molecular weight is 390 g/mol. The topological polar surface area (TPSA) is 54.7 Å². The SMILES string of the molecule is c1cc2c(c(OC3CN(c4c5c(nc6ccnn46)CCNCC5)C3)c1)CCCC2. The lowest BCUT2D eigenvalue weighted by atomic mass is 9.91. The predicted molar refractivity (Wildman–Crippen MR) is 113 cm³/mol. The standard InChI is InChI=1S/C23H27N5O/c1-2-6-18-16(4-1)5-3-7-21(18)29-17-14-27(15-17)23-19-8-11-24-12-9-20(19)26-22-10-13-25-28(22)23/h3,5,7,10,13,17,24H,1-2,4,6,8-9,11-12,14-15H2. The van der Waals surface area contributed by atoms with Gasteiger partial charge in [-0.05, 0) is 55.8 Å². The second kappa shape index (κ2) is 7.02. The Bertz CT molecular complexity index is 1050. The molecule has 1 saturated heterocycles. The van der Waals surface area contributed by atoms with Gasteiger partial charge in [0.2, 0.25) is 0 Å². The molecule has 150 valence electrons. The van der Waals surface area contributed by atoms with Gasteiger partial charge in [0.05, 0.1) is 25.0 Å². The van der Waals surface area contributed by atoms with Gasteiger partial charge in [-0.1, -0.05) is 12.1 Å². The Morgan fingerprint density at radius 3 is 2.83 bits per heavy atom. The molecule has 1 fully saturated rings. The fourth-order valence-corrected chi connectivity index (χ4v) is 5.06. The van der Waals surface area contributed by atoms with Gasteiger partial charge in [0, 0.05) is 24.6 Å². The van der Waals surface area contributed by atoms with Crippen LogP contribution in [0.4, 0.5) is 5.82 Å². The summed E-state index contributed by atoms with van der Waals surface area (Å²) < 4.78 is 8.48. The summed E-state index contributed by atoms with van der Waals surface area (Å²) in [6, 6.07) is 8.58. The molecule has 6 rings (SSSR count). The van der Waals surface area contributed by atoms with Crippen molar-refractivity contribution in [1.29, 1.82) is 0 Å². The molecule has 2 aliphatic heterocycles. The van der Waals surface area contributed by atoms with Crippen LogP contribution in [0.3, 0.4) is 0 Å². The smallest absolute Gasteiger partial charge is 0.157 e. The number of hydrogen-bond acceptors (Lipinski definition) is 5. The molecular formula is C23H27N5O. The van der Waals surface area contributed by atoms with Crippen LogP contribution in [-0.4, -0.2) is 46.9 Å². The molecular weight excluding hydrogens is 362 g/mol. The Hall–Kier alpha value is -2.60. The number of ether oxygens (including phenoxy) is 1. The van der Waals surface area contributed by atoms with Crippen molar-refractivity contribution < 1.29 is 4.74 Å². The zero-order valence-electron chi connectivity index (χ0n) is 16.7. The zero-order chi connectivity index (χ0) is 19.2. The zero-order valence-corrected chi connectivity index (χ0v) is 16.7. The van der Waals surface area contributed by atoms with Crippen LogP contribution in [0.25, 0.3) is 5.65 Å². The van der Waals surface area contributed by atoms with Crippen LogP contribution in [-0.2, 0) is 25.7 Å². The number of nitrogens with zero attached hydrogens (tertiary/aromatic N) is 4. The third kappa shape index (κ3) is 2.97. The van der Waals surface area contributed by atoms with Gasteiger partial charge in [-0.3, -0.25) is 0 Å². The second-order valence-corrected chi connectivity index (χ2v) is 8.46. The summed E-state index contributed by atoms with van der Waals surface area (Å²) in [6.45, 7) is 3.80. The molecule has 0 radical (unpaired) electrons. The number of benzene rings is 1. The van der Waals surface area contributed by atoms with E-state index in [2.05, 4.69) is 33.5 Å². The number of anilines is 1. The lowest BCUT2D eigenvalue weighted by Crippen LogP contribution is -2.55. The molecule has 0 spiro atoms. The molecule has 0 amide bonds. The Balaban J connectivity index is 1.26. The normalized spacial score (nSPS) is 19.4. The summed E-state index contributed by atoms with van der Waals surface area (Å²) in [7, 11) is 0. The quantitative estimate of drug-likeness (QED) is 0.746. The highest BCUT2D eigenvalue weighted by Gasteiger charge is 2.34. The summed E-state index contributed by atoms with van der Waals surface area (Å²) in [5, 5.41) is 8.08. The number of aryl methyl sites for hydroxylation is 1. The van der Waals surface area contributed by atoms with Crippen molar-refractivity contribution in [1.82, 2.24) is 19.9 Å². The maximum Gasteiger partial charge on any atom is 0.157 e. The molecule has 1 aliphatic carbocycles. The number of hydrogen-bond donors (Lipinski definition) is 1. The molecule has 1 N–H and O–H groups in total. The molecule has 0 saturated carbocycles. The third-order valence-electron chi connectivity index (χ3n) is 6.58. The highest BCUT2D eigenvalue weighted by Crippen LogP contribution is 2.34. The van der Waals surface area contributed by atoms with Crippen LogP contribution in [0, 0.1) is 0 Å². The lowest BCUT2D eigenvalue weighted by molar-refractivity contribution is 0.164. The van der Waals surface area contributed by atoms with Crippen molar-refractivity contribution in [2.24, 2.45) is 0 Å². The van der Waals surface area contributed by atoms with Crippen LogP contribution >= 0.6 is 0 Å². The Kier molecular flexibility index (Phi) is 4.18. The van der Waals surface area contributed by atoms with E-state index in [1.54, 1.807) is 0 Å². The highest BCUT2D eigenvalue weighted by atomic mass is 16.5. The maximum absolute atomic E-state index is 6.46. The van der Waals surface area contributed by atoms with E-state index >= 15 is 0 Å². The van der Waals surface area contributed by atoms with Crippen molar-refractivity contribution in [3.8, 4) is 5.75 Å². The molecule has 3 aliphatic rings. The average Bonchev–Trinajstić information content (AvgIpc) is 3.06. The fourth-order valence-electron chi connectivity index (χ4n) is 5.06. The van der Waals surface area contributed by atoms with E-state index in [4.69, 9.17) is 9.72 Å². The minimum Gasteiger partial charge on any atom is -0.486 e. The van der Waals surface area contributed by atoms with Gasteiger partial charge in [-0.2, -0.15) is 9.61 Å². The van der Waals surface area contributed by atoms with E-state index in [9.17, 15) is 0 Å². The second-order valence-electron chi connectivity index (χ2n) is 8.46. The number of rotatable bonds is 3. The molecule has 6 nitrogen and oxygen atoms in total. The molecule has 29 heavy (non-hydrogen) atoms. The van der Waals surface area contributed by atoms with Crippen molar-refractivity contribution >= 4 is 11.5 Å². The summed E-state index contributed by atoms with van der Waals surface area (Å²) in [5.74, 6) is 2.32. The van der Waals surface area contributed by atoms with Gasteiger partial charge in [-0.15, -0.1) is 0 Å². The molecule has 4 heterocycles. The summed E-state index contributed by atoms with van der Waals surface area (Å²) in [6.07, 6.45) is 9.00. The van der Waals surface area contributed by atoms with Crippen LogP contribution < -0.4 is 15.0 Å². The van der Waals surface area contributed by atoms with E-state index in [0.29, 0.717) is 0 Å². The number of aromatic nitrogens is 3. The minimum absolute atomic E-state index is 0.238. The molecule has 2 aromatic heterocycles. The van der Waals surface area contributed by atoms with Crippen LogP contribution in [0.1, 0.15) is 35.2 Å². The van der Waals surface area contributed by atoms with E-state index in [-0.39, 0.29) is 6.10 Å². The van der Waals surface area contributed by atoms with Crippen molar-refractivity contribution in [3.05, 3.63) is 52.8 Å². The largest absolute Gasteiger partial charge is 0.486 e.